The standard InChI is InChI=1S/C17H17ClN2O4/c1-11(23-15-9-7-14(22-2)8-10-15)17(21)24-20-16(19)12-3-5-13(18)6-4-12/h3-11H,1-2H3,(H2,19,20)/t11-/m1/s1. The summed E-state index contributed by atoms with van der Waals surface area (Å²) in [5, 5.41) is 4.19. The van der Waals surface area contributed by atoms with Crippen molar-refractivity contribution in [1.29, 1.82) is 0 Å². The molecule has 0 aliphatic carbocycles. The van der Waals surface area contributed by atoms with Crippen LogP contribution in [0.2, 0.25) is 5.02 Å². The Hall–Kier alpha value is -2.73. The number of methoxy groups -OCH3 is 1. The van der Waals surface area contributed by atoms with E-state index in [9.17, 15) is 4.79 Å². The highest BCUT2D eigenvalue weighted by molar-refractivity contribution is 6.30. The fourth-order valence-corrected chi connectivity index (χ4v) is 1.87. The highest BCUT2D eigenvalue weighted by Crippen LogP contribution is 2.18. The molecule has 2 N–H and O–H groups in total. The first-order chi connectivity index (χ1) is 11.5. The van der Waals surface area contributed by atoms with Crippen molar-refractivity contribution in [3.8, 4) is 11.5 Å². The first-order valence-corrected chi connectivity index (χ1v) is 7.48. The highest BCUT2D eigenvalue weighted by atomic mass is 35.5. The zero-order chi connectivity index (χ0) is 17.5. The van der Waals surface area contributed by atoms with Gasteiger partial charge >= 0.3 is 5.97 Å². The van der Waals surface area contributed by atoms with Gasteiger partial charge < -0.3 is 20.0 Å². The van der Waals surface area contributed by atoms with Crippen LogP contribution in [0.25, 0.3) is 0 Å². The summed E-state index contributed by atoms with van der Waals surface area (Å²) in [6, 6.07) is 13.5. The van der Waals surface area contributed by atoms with Crippen LogP contribution in [-0.2, 0) is 9.63 Å². The van der Waals surface area contributed by atoms with E-state index in [0.717, 1.165) is 0 Å². The second-order valence-electron chi connectivity index (χ2n) is 4.83. The van der Waals surface area contributed by atoms with Crippen LogP contribution in [0.4, 0.5) is 0 Å². The van der Waals surface area contributed by atoms with Crippen molar-refractivity contribution in [1.82, 2.24) is 0 Å². The minimum Gasteiger partial charge on any atom is -0.497 e. The summed E-state index contributed by atoms with van der Waals surface area (Å²) < 4.78 is 10.5. The van der Waals surface area contributed by atoms with Crippen molar-refractivity contribution >= 4 is 23.4 Å². The molecule has 2 aromatic rings. The summed E-state index contributed by atoms with van der Waals surface area (Å²) in [5.41, 5.74) is 6.35. The van der Waals surface area contributed by atoms with E-state index in [2.05, 4.69) is 5.16 Å². The number of amidine groups is 1. The highest BCUT2D eigenvalue weighted by Gasteiger charge is 2.17. The third-order valence-corrected chi connectivity index (χ3v) is 3.33. The van der Waals surface area contributed by atoms with Gasteiger partial charge in [0, 0.05) is 10.6 Å². The Labute approximate surface area is 144 Å². The van der Waals surface area contributed by atoms with E-state index < -0.39 is 12.1 Å². The predicted molar refractivity (Wildman–Crippen MR) is 91.4 cm³/mol. The molecule has 0 unspecified atom stereocenters. The first-order valence-electron chi connectivity index (χ1n) is 7.10. The Morgan fingerprint density at radius 3 is 2.25 bits per heavy atom. The van der Waals surface area contributed by atoms with Crippen molar-refractivity contribution in [2.45, 2.75) is 13.0 Å². The molecule has 6 nitrogen and oxygen atoms in total. The van der Waals surface area contributed by atoms with Gasteiger partial charge in [-0.15, -0.1) is 0 Å². The van der Waals surface area contributed by atoms with Gasteiger partial charge in [-0.25, -0.2) is 4.79 Å². The predicted octanol–water partition coefficient (Wildman–Crippen LogP) is 2.98. The zero-order valence-electron chi connectivity index (χ0n) is 13.2. The second-order valence-corrected chi connectivity index (χ2v) is 5.27. The molecular weight excluding hydrogens is 332 g/mol. The fourth-order valence-electron chi connectivity index (χ4n) is 1.75. The lowest BCUT2D eigenvalue weighted by atomic mass is 10.2. The molecule has 126 valence electrons. The maximum Gasteiger partial charge on any atom is 0.374 e. The van der Waals surface area contributed by atoms with Crippen molar-refractivity contribution in [2.24, 2.45) is 10.9 Å². The lowest BCUT2D eigenvalue weighted by molar-refractivity contribution is -0.151. The van der Waals surface area contributed by atoms with Crippen LogP contribution in [0.3, 0.4) is 0 Å². The Kier molecular flexibility index (Phi) is 6.03. The third kappa shape index (κ3) is 4.89. The van der Waals surface area contributed by atoms with Crippen molar-refractivity contribution in [3.05, 3.63) is 59.1 Å². The van der Waals surface area contributed by atoms with Crippen LogP contribution >= 0.6 is 11.6 Å². The lowest BCUT2D eigenvalue weighted by Crippen LogP contribution is -2.26. The Morgan fingerprint density at radius 2 is 1.67 bits per heavy atom. The van der Waals surface area contributed by atoms with Crippen LogP contribution in [0, 0.1) is 0 Å². The van der Waals surface area contributed by atoms with Crippen LogP contribution in [0.5, 0.6) is 11.5 Å². The molecule has 0 aliphatic rings. The number of ether oxygens (including phenoxy) is 2. The Balaban J connectivity index is 1.92. The van der Waals surface area contributed by atoms with E-state index in [1.807, 2.05) is 0 Å². The van der Waals surface area contributed by atoms with Crippen LogP contribution < -0.4 is 15.2 Å². The number of hydrogen-bond acceptors (Lipinski definition) is 5. The van der Waals surface area contributed by atoms with Crippen molar-refractivity contribution in [3.63, 3.8) is 0 Å². The maximum atomic E-state index is 11.9. The largest absolute Gasteiger partial charge is 0.497 e. The molecule has 0 aliphatic heterocycles. The number of oxime groups is 1. The first kappa shape index (κ1) is 17.6. The quantitative estimate of drug-likeness (QED) is 0.375. The molecule has 0 spiro atoms. The molecule has 7 heteroatoms. The molecule has 2 aromatic carbocycles. The summed E-state index contributed by atoms with van der Waals surface area (Å²) in [6.45, 7) is 1.56. The monoisotopic (exact) mass is 348 g/mol. The van der Waals surface area contributed by atoms with E-state index in [-0.39, 0.29) is 5.84 Å². The molecule has 1 atom stereocenters. The molecule has 0 saturated carbocycles. The van der Waals surface area contributed by atoms with Gasteiger partial charge in [0.2, 0.25) is 0 Å². The van der Waals surface area contributed by atoms with E-state index in [1.54, 1.807) is 62.6 Å². The van der Waals surface area contributed by atoms with E-state index in [4.69, 9.17) is 31.6 Å². The summed E-state index contributed by atoms with van der Waals surface area (Å²) in [6.07, 6.45) is -0.847. The van der Waals surface area contributed by atoms with Crippen LogP contribution in [0.15, 0.2) is 53.7 Å². The lowest BCUT2D eigenvalue weighted by Gasteiger charge is -2.12. The van der Waals surface area contributed by atoms with Gasteiger partial charge in [-0.1, -0.05) is 16.8 Å². The van der Waals surface area contributed by atoms with Crippen molar-refractivity contribution < 1.29 is 19.1 Å². The molecule has 0 bridgehead atoms. The minimum atomic E-state index is -0.847. The summed E-state index contributed by atoms with van der Waals surface area (Å²) in [4.78, 5) is 16.7. The number of nitrogens with zero attached hydrogens (tertiary/aromatic N) is 1. The van der Waals surface area contributed by atoms with Gasteiger partial charge in [-0.3, -0.25) is 0 Å². The number of benzene rings is 2. The number of carbonyl (C=O) groups is 1. The number of rotatable bonds is 6. The third-order valence-electron chi connectivity index (χ3n) is 3.08. The second kappa shape index (κ2) is 8.21. The smallest absolute Gasteiger partial charge is 0.374 e. The number of halogens is 1. The minimum absolute atomic E-state index is 0.0664. The molecule has 0 saturated heterocycles. The average Bonchev–Trinajstić information content (AvgIpc) is 2.60. The molecule has 0 radical (unpaired) electrons. The molecule has 0 amide bonds. The SMILES string of the molecule is COc1ccc(O[C@H](C)C(=O)O/N=C(/N)c2ccc(Cl)cc2)cc1. The van der Waals surface area contributed by atoms with Gasteiger partial charge in [-0.2, -0.15) is 0 Å². The van der Waals surface area contributed by atoms with Gasteiger partial charge in [0.05, 0.1) is 7.11 Å². The van der Waals surface area contributed by atoms with Crippen LogP contribution in [0.1, 0.15) is 12.5 Å². The van der Waals surface area contributed by atoms with Crippen LogP contribution in [-0.4, -0.2) is 25.0 Å². The van der Waals surface area contributed by atoms with Gasteiger partial charge in [0.25, 0.3) is 0 Å². The number of carbonyl (C=O) groups excluding carboxylic acids is 1. The average molecular weight is 349 g/mol. The molecule has 24 heavy (non-hydrogen) atoms. The van der Waals surface area contributed by atoms with Crippen molar-refractivity contribution in [2.75, 3.05) is 7.11 Å². The summed E-state index contributed by atoms with van der Waals surface area (Å²) >= 11 is 5.79. The number of hydrogen-bond donors (Lipinski definition) is 1. The normalized spacial score (nSPS) is 12.4. The van der Waals surface area contributed by atoms with E-state index in [1.165, 1.54) is 0 Å². The maximum absolute atomic E-state index is 11.9. The Morgan fingerprint density at radius 1 is 1.08 bits per heavy atom. The topological polar surface area (TPSA) is 83.1 Å². The molecule has 2 rings (SSSR count). The molecule has 0 aromatic heterocycles. The molecular formula is C17H17ClN2O4. The Bertz CT molecular complexity index is 714. The van der Waals surface area contributed by atoms with Gasteiger partial charge in [0.15, 0.2) is 11.9 Å². The zero-order valence-corrected chi connectivity index (χ0v) is 14.0. The fraction of sp³-hybridized carbons (Fsp3) is 0.176. The van der Waals surface area contributed by atoms with E-state index in [0.29, 0.717) is 22.1 Å². The van der Waals surface area contributed by atoms with Gasteiger partial charge in [0.1, 0.15) is 11.5 Å². The number of nitrogens with two attached hydrogens (primary N) is 1. The van der Waals surface area contributed by atoms with Gasteiger partial charge in [-0.05, 0) is 55.5 Å². The summed E-state index contributed by atoms with van der Waals surface area (Å²) in [7, 11) is 1.57. The molecule has 0 fully saturated rings. The summed E-state index contributed by atoms with van der Waals surface area (Å²) in [5.74, 6) is 0.604. The van der Waals surface area contributed by atoms with E-state index >= 15 is 0 Å². The molecule has 0 heterocycles.